The fourth-order valence-electron chi connectivity index (χ4n) is 4.23. The van der Waals surface area contributed by atoms with Crippen molar-refractivity contribution in [1.29, 1.82) is 0 Å². The first-order valence-electron chi connectivity index (χ1n) is 12.3. The minimum atomic E-state index is -1.19. The van der Waals surface area contributed by atoms with Crippen LogP contribution in [0.25, 0.3) is 0 Å². The predicted molar refractivity (Wildman–Crippen MR) is 143 cm³/mol. The van der Waals surface area contributed by atoms with E-state index >= 15 is 0 Å². The molecule has 0 fully saturated rings. The smallest absolute Gasteiger partial charge is 0.335 e. The van der Waals surface area contributed by atoms with Gasteiger partial charge in [0, 0.05) is 17.9 Å². The molecule has 0 saturated heterocycles. The van der Waals surface area contributed by atoms with Gasteiger partial charge < -0.3 is 15.7 Å². The SMILES string of the molecule is CCCCCCNc1ccc(N2C(=O)c3ccc(C(=O)O)cc3C2=O)cc1C(=O)Nc1ccc(C)cc1. The lowest BCUT2D eigenvalue weighted by atomic mass is 10.1. The summed E-state index contributed by atoms with van der Waals surface area (Å²) < 4.78 is 0. The number of fused-ring (bicyclic) bond motifs is 1. The van der Waals surface area contributed by atoms with E-state index in [1.165, 1.54) is 24.3 Å². The second-order valence-corrected chi connectivity index (χ2v) is 9.05. The van der Waals surface area contributed by atoms with Crippen molar-refractivity contribution >= 4 is 40.8 Å². The molecule has 0 bridgehead atoms. The Bertz CT molecular complexity index is 1360. The summed E-state index contributed by atoms with van der Waals surface area (Å²) in [6, 6.07) is 16.0. The van der Waals surface area contributed by atoms with Crippen molar-refractivity contribution in [3.63, 3.8) is 0 Å². The van der Waals surface area contributed by atoms with Gasteiger partial charge in [0.15, 0.2) is 0 Å². The number of benzene rings is 3. The number of hydrogen-bond acceptors (Lipinski definition) is 5. The fraction of sp³-hybridized carbons (Fsp3) is 0.241. The van der Waals surface area contributed by atoms with Crippen molar-refractivity contribution in [1.82, 2.24) is 0 Å². The molecule has 4 rings (SSSR count). The number of carboxylic acids is 1. The number of anilines is 3. The van der Waals surface area contributed by atoms with Crippen LogP contribution in [0.3, 0.4) is 0 Å². The summed E-state index contributed by atoms with van der Waals surface area (Å²) in [5.41, 5.74) is 2.86. The summed E-state index contributed by atoms with van der Waals surface area (Å²) in [6.07, 6.45) is 4.26. The van der Waals surface area contributed by atoms with Crippen LogP contribution in [0.1, 0.15) is 79.6 Å². The first-order valence-corrected chi connectivity index (χ1v) is 12.3. The molecule has 0 aliphatic carbocycles. The van der Waals surface area contributed by atoms with Gasteiger partial charge in [-0.3, -0.25) is 14.4 Å². The van der Waals surface area contributed by atoms with Crippen LogP contribution in [0.4, 0.5) is 17.1 Å². The van der Waals surface area contributed by atoms with E-state index in [-0.39, 0.29) is 33.8 Å². The van der Waals surface area contributed by atoms with E-state index in [4.69, 9.17) is 0 Å². The topological polar surface area (TPSA) is 116 Å². The van der Waals surface area contributed by atoms with Crippen LogP contribution in [-0.4, -0.2) is 35.3 Å². The number of nitrogens with one attached hydrogen (secondary N) is 2. The van der Waals surface area contributed by atoms with Crippen molar-refractivity contribution in [3.05, 3.63) is 88.5 Å². The number of unbranched alkanes of at least 4 members (excludes halogenated alkanes) is 3. The Balaban J connectivity index is 1.65. The van der Waals surface area contributed by atoms with Crippen molar-refractivity contribution in [2.24, 2.45) is 0 Å². The highest BCUT2D eigenvalue weighted by Gasteiger charge is 2.37. The molecule has 8 nitrogen and oxygen atoms in total. The van der Waals surface area contributed by atoms with Crippen LogP contribution >= 0.6 is 0 Å². The average molecular weight is 500 g/mol. The molecule has 1 heterocycles. The molecule has 1 aliphatic heterocycles. The lowest BCUT2D eigenvalue weighted by molar-refractivity contribution is 0.0696. The lowest BCUT2D eigenvalue weighted by Gasteiger charge is -2.18. The van der Waals surface area contributed by atoms with Crippen LogP contribution in [-0.2, 0) is 0 Å². The highest BCUT2D eigenvalue weighted by atomic mass is 16.4. The molecule has 8 heteroatoms. The molecule has 37 heavy (non-hydrogen) atoms. The maximum absolute atomic E-state index is 13.3. The molecule has 3 aromatic carbocycles. The molecule has 190 valence electrons. The van der Waals surface area contributed by atoms with Crippen LogP contribution in [0.15, 0.2) is 60.7 Å². The van der Waals surface area contributed by atoms with Gasteiger partial charge in [0.05, 0.1) is 27.9 Å². The molecule has 1 aliphatic rings. The Morgan fingerprint density at radius 2 is 1.59 bits per heavy atom. The third-order valence-electron chi connectivity index (χ3n) is 6.29. The summed E-state index contributed by atoms with van der Waals surface area (Å²) in [5, 5.41) is 15.5. The number of hydrogen-bond donors (Lipinski definition) is 3. The summed E-state index contributed by atoms with van der Waals surface area (Å²) in [5.74, 6) is -2.77. The van der Waals surface area contributed by atoms with Gasteiger partial charge in [-0.1, -0.05) is 43.9 Å². The number of aromatic carboxylic acids is 1. The van der Waals surface area contributed by atoms with Gasteiger partial charge in [-0.25, -0.2) is 9.69 Å². The number of aryl methyl sites for hydroxylation is 1. The minimum absolute atomic E-state index is 0.0219. The summed E-state index contributed by atoms with van der Waals surface area (Å²) in [6.45, 7) is 4.77. The predicted octanol–water partition coefficient (Wildman–Crippen LogP) is 5.74. The van der Waals surface area contributed by atoms with Crippen molar-refractivity contribution in [2.75, 3.05) is 22.1 Å². The number of imide groups is 1. The van der Waals surface area contributed by atoms with Crippen molar-refractivity contribution < 1.29 is 24.3 Å². The largest absolute Gasteiger partial charge is 0.478 e. The van der Waals surface area contributed by atoms with E-state index in [1.54, 1.807) is 24.3 Å². The summed E-state index contributed by atoms with van der Waals surface area (Å²) in [4.78, 5) is 51.9. The molecule has 3 amide bonds. The van der Waals surface area contributed by atoms with E-state index in [2.05, 4.69) is 17.6 Å². The van der Waals surface area contributed by atoms with Crippen molar-refractivity contribution in [2.45, 2.75) is 39.5 Å². The molecule has 0 spiro atoms. The Hall–Kier alpha value is -4.46. The van der Waals surface area contributed by atoms with Crippen LogP contribution < -0.4 is 15.5 Å². The third kappa shape index (κ3) is 5.53. The van der Waals surface area contributed by atoms with Gasteiger partial charge in [0.2, 0.25) is 0 Å². The van der Waals surface area contributed by atoms with Gasteiger partial charge in [-0.15, -0.1) is 0 Å². The number of carbonyl (C=O) groups is 4. The van der Waals surface area contributed by atoms with Gasteiger partial charge in [0.25, 0.3) is 17.7 Å². The van der Waals surface area contributed by atoms with Crippen LogP contribution in [0.2, 0.25) is 0 Å². The summed E-state index contributed by atoms with van der Waals surface area (Å²) >= 11 is 0. The average Bonchev–Trinajstić information content (AvgIpc) is 3.14. The number of nitrogens with zero attached hydrogens (tertiary/aromatic N) is 1. The minimum Gasteiger partial charge on any atom is -0.478 e. The first kappa shape index (κ1) is 25.6. The monoisotopic (exact) mass is 499 g/mol. The maximum atomic E-state index is 13.3. The van der Waals surface area contributed by atoms with E-state index in [0.29, 0.717) is 17.9 Å². The number of amides is 3. The highest BCUT2D eigenvalue weighted by molar-refractivity contribution is 6.35. The van der Waals surface area contributed by atoms with E-state index in [0.717, 1.165) is 36.1 Å². The van der Waals surface area contributed by atoms with Crippen LogP contribution in [0, 0.1) is 6.92 Å². The zero-order valence-electron chi connectivity index (χ0n) is 20.8. The number of carboxylic acid groups (broad SMARTS) is 1. The Labute approximate surface area is 215 Å². The third-order valence-corrected chi connectivity index (χ3v) is 6.29. The highest BCUT2D eigenvalue weighted by Crippen LogP contribution is 2.32. The number of carbonyl (C=O) groups excluding carboxylic acids is 3. The molecule has 3 N–H and O–H groups in total. The molecular weight excluding hydrogens is 470 g/mol. The van der Waals surface area contributed by atoms with Crippen molar-refractivity contribution in [3.8, 4) is 0 Å². The normalized spacial score (nSPS) is 12.4. The Morgan fingerprint density at radius 3 is 2.30 bits per heavy atom. The fourth-order valence-corrected chi connectivity index (χ4v) is 4.23. The maximum Gasteiger partial charge on any atom is 0.335 e. The molecule has 0 saturated carbocycles. The first-order chi connectivity index (χ1) is 17.8. The van der Waals surface area contributed by atoms with E-state index in [9.17, 15) is 24.3 Å². The van der Waals surface area contributed by atoms with E-state index in [1.807, 2.05) is 19.1 Å². The standard InChI is InChI=1S/C29H29N3O5/c1-3-4-5-6-15-30-25-14-12-21(17-24(25)26(33)31-20-10-7-18(2)8-11-20)32-27(34)22-13-9-19(29(36)37)16-23(22)28(32)35/h7-14,16-17,30H,3-6,15H2,1-2H3,(H,31,33)(H,36,37). The Kier molecular flexibility index (Phi) is 7.67. The molecule has 0 radical (unpaired) electrons. The molecular formula is C29H29N3O5. The second-order valence-electron chi connectivity index (χ2n) is 9.05. The van der Waals surface area contributed by atoms with Gasteiger partial charge in [0.1, 0.15) is 0 Å². The molecule has 0 atom stereocenters. The zero-order chi connectivity index (χ0) is 26.5. The second kappa shape index (κ2) is 11.1. The molecule has 0 aromatic heterocycles. The molecule has 3 aromatic rings. The quantitative estimate of drug-likeness (QED) is 0.242. The zero-order valence-corrected chi connectivity index (χ0v) is 20.8. The molecule has 0 unspecified atom stereocenters. The van der Waals surface area contributed by atoms with E-state index < -0.39 is 17.8 Å². The van der Waals surface area contributed by atoms with Gasteiger partial charge >= 0.3 is 5.97 Å². The van der Waals surface area contributed by atoms with Gasteiger partial charge in [-0.2, -0.15) is 0 Å². The van der Waals surface area contributed by atoms with Gasteiger partial charge in [-0.05, 0) is 61.9 Å². The summed E-state index contributed by atoms with van der Waals surface area (Å²) in [7, 11) is 0. The Morgan fingerprint density at radius 1 is 0.865 bits per heavy atom. The van der Waals surface area contributed by atoms with Crippen LogP contribution in [0.5, 0.6) is 0 Å². The number of rotatable bonds is 10. The lowest BCUT2D eigenvalue weighted by Crippen LogP contribution is -2.29.